The van der Waals surface area contributed by atoms with E-state index in [0.717, 1.165) is 0 Å². The third kappa shape index (κ3) is 2.99. The van der Waals surface area contributed by atoms with Crippen LogP contribution in [-0.2, 0) is 0 Å². The molecule has 0 atom stereocenters. The lowest BCUT2D eigenvalue weighted by atomic mass is 10.0. The Kier molecular flexibility index (Phi) is 4.04. The first-order chi connectivity index (χ1) is 13.1. The first kappa shape index (κ1) is 16.7. The molecule has 4 aromatic rings. The van der Waals surface area contributed by atoms with Gasteiger partial charge in [0.2, 0.25) is 0 Å². The summed E-state index contributed by atoms with van der Waals surface area (Å²) in [6.45, 7) is 0. The Bertz CT molecular complexity index is 1170. The van der Waals surface area contributed by atoms with Crippen molar-refractivity contribution >= 4 is 11.6 Å². The van der Waals surface area contributed by atoms with Crippen molar-refractivity contribution in [1.29, 1.82) is 0 Å². The highest BCUT2D eigenvalue weighted by atomic mass is 19.1. The van der Waals surface area contributed by atoms with Crippen molar-refractivity contribution < 1.29 is 13.9 Å². The molecule has 0 saturated heterocycles. The molecule has 2 N–H and O–H groups in total. The van der Waals surface area contributed by atoms with Gasteiger partial charge in [0.15, 0.2) is 0 Å². The van der Waals surface area contributed by atoms with Crippen molar-refractivity contribution in [2.75, 3.05) is 7.11 Å². The Morgan fingerprint density at radius 3 is 2.81 bits per heavy atom. The van der Waals surface area contributed by atoms with Gasteiger partial charge in [-0.1, -0.05) is 0 Å². The summed E-state index contributed by atoms with van der Waals surface area (Å²) < 4.78 is 21.3. The maximum atomic E-state index is 14.4. The number of rotatable bonds is 4. The Balaban J connectivity index is 1.85. The molecular weight excluding hydrogens is 347 g/mol. The van der Waals surface area contributed by atoms with Gasteiger partial charge in [0.25, 0.3) is 5.91 Å². The highest BCUT2D eigenvalue weighted by Crippen LogP contribution is 2.30. The maximum absolute atomic E-state index is 14.4. The lowest BCUT2D eigenvalue weighted by Crippen LogP contribution is -2.12. The van der Waals surface area contributed by atoms with E-state index >= 15 is 0 Å². The van der Waals surface area contributed by atoms with Gasteiger partial charge in [-0.2, -0.15) is 0 Å². The summed E-state index contributed by atoms with van der Waals surface area (Å²) in [5, 5.41) is 0. The van der Waals surface area contributed by atoms with E-state index in [1.54, 1.807) is 59.5 Å². The molecule has 7 heteroatoms. The van der Waals surface area contributed by atoms with E-state index in [1.807, 2.05) is 0 Å². The fraction of sp³-hybridized carbons (Fsp3) is 0.0500. The molecule has 0 aliphatic carbocycles. The van der Waals surface area contributed by atoms with Crippen LogP contribution < -0.4 is 10.5 Å². The molecule has 0 radical (unpaired) electrons. The van der Waals surface area contributed by atoms with Crippen molar-refractivity contribution in [3.63, 3.8) is 0 Å². The molecule has 0 aliphatic rings. The second-order valence-corrected chi connectivity index (χ2v) is 5.95. The third-order valence-electron chi connectivity index (χ3n) is 4.27. The van der Waals surface area contributed by atoms with Crippen molar-refractivity contribution in [2.24, 2.45) is 5.73 Å². The van der Waals surface area contributed by atoms with E-state index in [-0.39, 0.29) is 5.82 Å². The second-order valence-electron chi connectivity index (χ2n) is 5.95. The van der Waals surface area contributed by atoms with Gasteiger partial charge >= 0.3 is 0 Å². The Labute approximate surface area is 154 Å². The first-order valence-electron chi connectivity index (χ1n) is 8.13. The minimum Gasteiger partial charge on any atom is -0.495 e. The fourth-order valence-electron chi connectivity index (χ4n) is 2.93. The number of imidazole rings is 1. The number of ether oxygens (including phenoxy) is 1. The molecule has 134 valence electrons. The summed E-state index contributed by atoms with van der Waals surface area (Å²) in [5.74, 6) is -0.397. The number of nitrogens with two attached hydrogens (primary N) is 1. The van der Waals surface area contributed by atoms with E-state index in [9.17, 15) is 9.18 Å². The van der Waals surface area contributed by atoms with Crippen LogP contribution in [0.4, 0.5) is 4.39 Å². The molecule has 1 amide bonds. The molecule has 0 spiro atoms. The molecule has 0 bridgehead atoms. The number of benzene rings is 1. The molecular formula is C20H15FN4O2. The number of halogens is 1. The number of carbonyl (C=O) groups excluding carboxylic acids is 1. The Morgan fingerprint density at radius 2 is 2.04 bits per heavy atom. The molecule has 3 heterocycles. The van der Waals surface area contributed by atoms with E-state index in [1.165, 1.54) is 13.2 Å². The molecule has 1 aromatic carbocycles. The molecule has 4 rings (SSSR count). The topological polar surface area (TPSA) is 82.5 Å². The number of aromatic nitrogens is 3. The summed E-state index contributed by atoms with van der Waals surface area (Å²) in [7, 11) is 1.53. The Hall–Kier alpha value is -3.74. The van der Waals surface area contributed by atoms with Crippen LogP contribution in [0.25, 0.3) is 28.0 Å². The molecule has 27 heavy (non-hydrogen) atoms. The van der Waals surface area contributed by atoms with Gasteiger partial charge in [0.1, 0.15) is 17.2 Å². The minimum atomic E-state index is -0.556. The van der Waals surface area contributed by atoms with E-state index < -0.39 is 5.91 Å². The number of hydrogen-bond acceptors (Lipinski definition) is 4. The molecule has 0 unspecified atom stereocenters. The summed E-state index contributed by atoms with van der Waals surface area (Å²) in [5.41, 5.74) is 8.46. The number of methoxy groups -OCH3 is 1. The number of hydrogen-bond donors (Lipinski definition) is 1. The van der Waals surface area contributed by atoms with Crippen LogP contribution in [0.3, 0.4) is 0 Å². The van der Waals surface area contributed by atoms with E-state index in [2.05, 4.69) is 9.97 Å². The lowest BCUT2D eigenvalue weighted by Gasteiger charge is -2.07. The quantitative estimate of drug-likeness (QED) is 0.604. The van der Waals surface area contributed by atoms with Gasteiger partial charge in [-0.05, 0) is 36.4 Å². The summed E-state index contributed by atoms with van der Waals surface area (Å²) >= 11 is 0. The van der Waals surface area contributed by atoms with Crippen molar-refractivity contribution in [2.45, 2.75) is 0 Å². The zero-order valence-electron chi connectivity index (χ0n) is 14.4. The predicted octanol–water partition coefficient (Wildman–Crippen LogP) is 3.31. The normalized spacial score (nSPS) is 10.9. The summed E-state index contributed by atoms with van der Waals surface area (Å²) in [6.07, 6.45) is 6.66. The van der Waals surface area contributed by atoms with Crippen LogP contribution in [-0.4, -0.2) is 27.4 Å². The van der Waals surface area contributed by atoms with Gasteiger partial charge < -0.3 is 14.9 Å². The van der Waals surface area contributed by atoms with Crippen LogP contribution in [0.1, 0.15) is 10.4 Å². The minimum absolute atomic E-state index is 0.322. The van der Waals surface area contributed by atoms with Crippen molar-refractivity contribution in [3.8, 4) is 28.1 Å². The Morgan fingerprint density at radius 1 is 1.19 bits per heavy atom. The molecule has 6 nitrogen and oxygen atoms in total. The molecule has 0 aliphatic heterocycles. The van der Waals surface area contributed by atoms with E-state index in [4.69, 9.17) is 10.5 Å². The summed E-state index contributed by atoms with van der Waals surface area (Å²) in [6, 6.07) is 9.76. The largest absolute Gasteiger partial charge is 0.495 e. The zero-order chi connectivity index (χ0) is 19.0. The first-order valence-corrected chi connectivity index (χ1v) is 8.13. The highest BCUT2D eigenvalue weighted by Gasteiger charge is 2.14. The van der Waals surface area contributed by atoms with Crippen molar-refractivity contribution in [3.05, 3.63) is 72.6 Å². The molecule has 0 fully saturated rings. The van der Waals surface area contributed by atoms with Crippen LogP contribution in [0, 0.1) is 5.82 Å². The average Bonchev–Trinajstić information content (AvgIpc) is 3.12. The standard InChI is InChI=1S/C20H15FN4O2/c1-27-14-7-13(9-23-10-14)16-8-12(4-5-17(16)21)18-11-25-6-2-3-15(19(22)26)20(25)24-18/h2-11H,1H3,(H2,22,26). The van der Waals surface area contributed by atoms with Crippen LogP contribution >= 0.6 is 0 Å². The van der Waals surface area contributed by atoms with E-state index in [0.29, 0.717) is 39.3 Å². The lowest BCUT2D eigenvalue weighted by molar-refractivity contribution is 0.100. The maximum Gasteiger partial charge on any atom is 0.252 e. The van der Waals surface area contributed by atoms with Gasteiger partial charge in [-0.15, -0.1) is 0 Å². The van der Waals surface area contributed by atoms with Gasteiger partial charge in [-0.3, -0.25) is 9.78 Å². The summed E-state index contributed by atoms with van der Waals surface area (Å²) in [4.78, 5) is 20.2. The SMILES string of the molecule is COc1cncc(-c2cc(-c3cn4cccc(C(N)=O)c4n3)ccc2F)c1. The van der Waals surface area contributed by atoms with Crippen LogP contribution in [0.2, 0.25) is 0 Å². The number of carbonyl (C=O) groups is 1. The number of pyridine rings is 2. The number of primary amides is 1. The molecule has 3 aromatic heterocycles. The highest BCUT2D eigenvalue weighted by molar-refractivity contribution is 5.99. The second kappa shape index (κ2) is 6.53. The van der Waals surface area contributed by atoms with Gasteiger partial charge in [0.05, 0.1) is 24.6 Å². The predicted molar refractivity (Wildman–Crippen MR) is 98.9 cm³/mol. The zero-order valence-corrected chi connectivity index (χ0v) is 14.4. The number of amides is 1. The van der Waals surface area contributed by atoms with Gasteiger partial charge in [-0.25, -0.2) is 9.37 Å². The monoisotopic (exact) mass is 362 g/mol. The number of fused-ring (bicyclic) bond motifs is 1. The fourth-order valence-corrected chi connectivity index (χ4v) is 2.93. The van der Waals surface area contributed by atoms with Crippen LogP contribution in [0.5, 0.6) is 5.75 Å². The smallest absolute Gasteiger partial charge is 0.252 e. The average molecular weight is 362 g/mol. The van der Waals surface area contributed by atoms with Crippen molar-refractivity contribution in [1.82, 2.24) is 14.4 Å². The molecule has 0 saturated carbocycles. The third-order valence-corrected chi connectivity index (χ3v) is 4.27. The van der Waals surface area contributed by atoms with Gasteiger partial charge in [0, 0.05) is 35.3 Å². The van der Waals surface area contributed by atoms with Crippen LogP contribution in [0.15, 0.2) is 61.2 Å². The number of nitrogens with zero attached hydrogens (tertiary/aromatic N) is 3.